The number of hydrogen-bond donors (Lipinski definition) is 4. The van der Waals surface area contributed by atoms with Gasteiger partial charge in [-0.2, -0.15) is 0 Å². The van der Waals surface area contributed by atoms with Crippen LogP contribution in [0.15, 0.2) is 103 Å². The van der Waals surface area contributed by atoms with Gasteiger partial charge in [0.25, 0.3) is 0 Å². The van der Waals surface area contributed by atoms with Crippen LogP contribution in [0.1, 0.15) is 178 Å². The summed E-state index contributed by atoms with van der Waals surface area (Å²) in [7, 11) is -5.52. The Labute approximate surface area is 622 Å². The molecular formula is C74H121BrKO15PSi2. The first kappa shape index (κ1) is 87.1. The van der Waals surface area contributed by atoms with Crippen LogP contribution in [0.2, 0.25) is 36.3 Å². The number of benzene rings is 3. The van der Waals surface area contributed by atoms with E-state index in [1.807, 2.05) is 6.08 Å². The van der Waals surface area contributed by atoms with E-state index in [1.54, 1.807) is 20.8 Å². The van der Waals surface area contributed by atoms with Gasteiger partial charge in [-0.1, -0.05) is 129 Å². The molecule has 11 atom stereocenters. The number of rotatable bonds is 24. The molecule has 6 aliphatic rings. The number of carbonyl (C=O) groups is 2. The number of aliphatic hydroxyl groups is 2. The number of aliphatic hydroxyl groups excluding tert-OH is 2. The third kappa shape index (κ3) is 29.8. The summed E-state index contributed by atoms with van der Waals surface area (Å²) in [5.74, 6) is -0.664. The standard InChI is InChI=1S/C24H44O6Si.C23H23O2P.C19H36O5Si.C4H8O.C4H9O.BrH.K/c1-24(2,3)31(4,5)29-17-19-18(12-8-6-7-9-13-22(26)27)20(25)16-21(19)30-23-14-10-11-15-28-23;24-23(25)18-10-11-19-26(20-12-4-1-5-13-20,21-14-6-2-7-15-21)22-16-8-3-9-17-22;1-19(2,3)25(4,5)22-12-14-13-10-17(20)23-15(13)11-16(14)24-18-8-6-7-9-21-18;1-2-4-5-3-1;1-4(2,3)5;;/h6,8,18-21,23,25H,7,9-17H2,1-5H3,(H,26,27);1-9,12-17H,10-11,18-19H2;13-18,20H,6-12H2,1-5H3;1-4H2;1-3H3;1H;/q;;;;-1;;+1/b8-6-;;;;;;/t18?,19-,20?,21-,23?;;13?,14-,15?,16-,17?,18?;;;;/m1.1..../s1. The third-order valence-electron chi connectivity index (χ3n) is 19.5. The zero-order valence-electron chi connectivity index (χ0n) is 59.9. The Balaban J connectivity index is 0.000000339. The fourth-order valence-electron chi connectivity index (χ4n) is 12.2. The average molecular weight is 1460 g/mol. The largest absolute Gasteiger partial charge is 1.00 e. The predicted octanol–water partition coefficient (Wildman–Crippen LogP) is 7.97. The molecule has 0 amide bonds. The van der Waals surface area contributed by atoms with Crippen LogP contribution < -0.4 is 89.4 Å². The minimum atomic E-state index is -1.91. The van der Waals surface area contributed by atoms with E-state index in [0.717, 1.165) is 90.4 Å². The van der Waals surface area contributed by atoms with Crippen molar-refractivity contribution < 1.29 is 141 Å². The molecule has 4 saturated heterocycles. The maximum Gasteiger partial charge on any atom is 1.00 e. The van der Waals surface area contributed by atoms with Crippen molar-refractivity contribution in [3.63, 3.8) is 0 Å². The summed E-state index contributed by atoms with van der Waals surface area (Å²) in [6.45, 7) is 32.4. The van der Waals surface area contributed by atoms with Gasteiger partial charge in [0.15, 0.2) is 35.5 Å². The molecule has 0 aromatic heterocycles. The van der Waals surface area contributed by atoms with Gasteiger partial charge in [0.2, 0.25) is 0 Å². The molecular weight excluding hydrogens is 1330 g/mol. The summed E-state index contributed by atoms with van der Waals surface area (Å²) in [6.07, 6.45) is 19.2. The van der Waals surface area contributed by atoms with Crippen molar-refractivity contribution in [1.29, 1.82) is 0 Å². The van der Waals surface area contributed by atoms with E-state index in [1.165, 1.54) is 35.2 Å². The molecule has 2 aliphatic carbocycles. The van der Waals surface area contributed by atoms with Crippen LogP contribution in [-0.2, 0) is 46.9 Å². The summed E-state index contributed by atoms with van der Waals surface area (Å²) in [5, 5.41) is 53.0. The van der Waals surface area contributed by atoms with Crippen LogP contribution in [0.4, 0.5) is 0 Å². The molecule has 4 N–H and O–H groups in total. The molecule has 4 aliphatic heterocycles. The smallest absolute Gasteiger partial charge is 1.00 e. The van der Waals surface area contributed by atoms with Crippen LogP contribution in [0.3, 0.4) is 0 Å². The van der Waals surface area contributed by atoms with Crippen molar-refractivity contribution in [2.75, 3.05) is 45.8 Å². The Bertz CT molecular complexity index is 2450. The van der Waals surface area contributed by atoms with Gasteiger partial charge in [0.1, 0.15) is 23.2 Å². The van der Waals surface area contributed by atoms with Crippen LogP contribution in [0, 0.1) is 23.7 Å². The Morgan fingerprint density at radius 3 is 1.41 bits per heavy atom. The van der Waals surface area contributed by atoms with Crippen molar-refractivity contribution in [3.8, 4) is 0 Å². The summed E-state index contributed by atoms with van der Waals surface area (Å²) in [5.41, 5.74) is -0.750. The Morgan fingerprint density at radius 1 is 0.585 bits per heavy atom. The summed E-state index contributed by atoms with van der Waals surface area (Å²) >= 11 is 0. The third-order valence-corrected chi connectivity index (χ3v) is 33.0. The molecule has 7 unspecified atom stereocenters. The van der Waals surface area contributed by atoms with Crippen LogP contribution in [-0.4, -0.2) is 144 Å². The van der Waals surface area contributed by atoms with Crippen LogP contribution >= 0.6 is 7.26 Å². The minimum absolute atomic E-state index is 0. The molecule has 15 nitrogen and oxygen atoms in total. The molecule has 3 aromatic rings. The van der Waals surface area contributed by atoms with Gasteiger partial charge in [-0.3, -0.25) is 9.59 Å². The molecule has 94 heavy (non-hydrogen) atoms. The summed E-state index contributed by atoms with van der Waals surface area (Å²) < 4.78 is 48.0. The number of unbranched alkanes of at least 4 members (excludes halogenated alkanes) is 2. The zero-order chi connectivity index (χ0) is 67.6. The summed E-state index contributed by atoms with van der Waals surface area (Å²) in [4.78, 5) is 21.6. The maximum absolute atomic E-state index is 10.9. The maximum atomic E-state index is 10.9. The topological polar surface area (TPSA) is 212 Å². The molecule has 0 spiro atoms. The van der Waals surface area contributed by atoms with Crippen molar-refractivity contribution in [2.24, 2.45) is 23.7 Å². The van der Waals surface area contributed by atoms with Gasteiger partial charge in [0.05, 0.1) is 30.6 Å². The van der Waals surface area contributed by atoms with Crippen LogP contribution in [0.5, 0.6) is 0 Å². The second-order valence-corrected chi connectivity index (χ2v) is 43.2. The number of aliphatic carboxylic acids is 2. The Morgan fingerprint density at radius 2 is 1.01 bits per heavy atom. The van der Waals surface area contributed by atoms with E-state index >= 15 is 0 Å². The van der Waals surface area contributed by atoms with Crippen LogP contribution in [0.25, 0.3) is 0 Å². The number of halogens is 1. The first-order valence-corrected chi connectivity index (χ1v) is 42.5. The normalized spacial score (nSPS) is 25.5. The second kappa shape index (κ2) is 43.0. The fraction of sp³-hybridized carbons (Fsp3) is 0.703. The number of fused-ring (bicyclic) bond motifs is 1. The zero-order valence-corrected chi connectivity index (χ0v) is 67.6. The van der Waals surface area contributed by atoms with E-state index in [2.05, 4.69) is 165 Å². The minimum Gasteiger partial charge on any atom is -1.00 e. The van der Waals surface area contributed by atoms with Gasteiger partial charge in [-0.15, -0.1) is 5.60 Å². The number of ether oxygens (including phenoxy) is 6. The van der Waals surface area contributed by atoms with Crippen molar-refractivity contribution in [3.05, 3.63) is 103 Å². The molecule has 6 fully saturated rings. The first-order valence-electron chi connectivity index (χ1n) is 34.7. The van der Waals surface area contributed by atoms with Crippen molar-refractivity contribution in [2.45, 2.75) is 263 Å². The van der Waals surface area contributed by atoms with Gasteiger partial charge >= 0.3 is 63.3 Å². The molecule has 9 rings (SSSR count). The summed E-state index contributed by atoms with van der Waals surface area (Å²) in [6, 6.07) is 32.2. The molecule has 528 valence electrons. The Kier molecular flexibility index (Phi) is 39.8. The van der Waals surface area contributed by atoms with Gasteiger partial charge in [-0.05, 0) is 168 Å². The molecule has 4 heterocycles. The number of allylic oxidation sites excluding steroid dienone is 2. The molecule has 0 radical (unpaired) electrons. The van der Waals surface area contributed by atoms with E-state index in [9.17, 15) is 24.9 Å². The monoisotopic (exact) mass is 1450 g/mol. The predicted molar refractivity (Wildman–Crippen MR) is 374 cm³/mol. The Hall–Kier alpha value is -1.12. The van der Waals surface area contributed by atoms with Gasteiger partial charge in [-0.25, -0.2) is 0 Å². The van der Waals surface area contributed by atoms with Crippen molar-refractivity contribution in [1.82, 2.24) is 0 Å². The second-order valence-electron chi connectivity index (χ2n) is 30.0. The quantitative estimate of drug-likeness (QED) is 0.0290. The average Bonchev–Trinajstić information content (AvgIpc) is 0.901. The molecule has 0 bridgehead atoms. The van der Waals surface area contributed by atoms with Crippen molar-refractivity contribution >= 4 is 51.7 Å². The van der Waals surface area contributed by atoms with Gasteiger partial charge < -0.3 is 79.8 Å². The van der Waals surface area contributed by atoms with E-state index in [4.69, 9.17) is 47.5 Å². The van der Waals surface area contributed by atoms with E-state index in [0.29, 0.717) is 44.8 Å². The SMILES string of the molecule is C1CCOC1.CC(C)(C)[O-].CC(C)(C)[Si](C)(C)OC[C@@H]1C(C/C=C\CCCC(=O)O)C(O)C[C@H]1OC1CCCCO1.CC(C)(C)[Si](C)(C)OC[C@@H]1C2CC(O)OC2C[C@H]1OC1CCCCO1.O=C(O)CCCC[P+](c1ccccc1)(c1ccccc1)c1ccccc1.[Br-].[K+]. The fourth-order valence-corrected chi connectivity index (χ4v) is 18.7. The molecule has 2 saturated carbocycles. The van der Waals surface area contributed by atoms with Gasteiger partial charge in [0, 0.05) is 83.6 Å². The van der Waals surface area contributed by atoms with E-state index in [-0.39, 0.29) is 140 Å². The molecule has 3 aromatic carbocycles. The molecule has 20 heteroatoms. The number of carboxylic acid groups (broad SMARTS) is 2. The number of carboxylic acids is 2. The number of hydrogen-bond acceptors (Lipinski definition) is 13. The van der Waals surface area contributed by atoms with E-state index < -0.39 is 53.8 Å². The first-order chi connectivity index (χ1) is 43.4.